The summed E-state index contributed by atoms with van der Waals surface area (Å²) in [5.41, 5.74) is 3.25. The lowest BCUT2D eigenvalue weighted by Crippen LogP contribution is -2.36. The zero-order valence-electron chi connectivity index (χ0n) is 16.8. The van der Waals surface area contributed by atoms with E-state index in [0.717, 1.165) is 34.8 Å². The molecular weight excluding hydrogens is 416 g/mol. The number of carbonyl (C=O) groups is 2. The van der Waals surface area contributed by atoms with Crippen LogP contribution >= 0.6 is 11.3 Å². The van der Waals surface area contributed by atoms with Gasteiger partial charge < -0.3 is 25.0 Å². The minimum Gasteiger partial charge on any atom is -0.465 e. The molecule has 160 valence electrons. The van der Waals surface area contributed by atoms with Crippen molar-refractivity contribution in [3.8, 4) is 6.07 Å². The second-order valence-corrected chi connectivity index (χ2v) is 8.36. The zero-order valence-corrected chi connectivity index (χ0v) is 17.7. The molecule has 8 nitrogen and oxygen atoms in total. The number of hydrogen-bond acceptors (Lipinski definition) is 6. The van der Waals surface area contributed by atoms with Crippen LogP contribution in [0.5, 0.6) is 0 Å². The van der Waals surface area contributed by atoms with E-state index >= 15 is 0 Å². The van der Waals surface area contributed by atoms with Gasteiger partial charge in [-0.1, -0.05) is 18.2 Å². The van der Waals surface area contributed by atoms with E-state index in [1.165, 1.54) is 22.3 Å². The summed E-state index contributed by atoms with van der Waals surface area (Å²) in [6.07, 6.45) is 2.72. The van der Waals surface area contributed by atoms with Gasteiger partial charge in [-0.2, -0.15) is 5.26 Å². The summed E-state index contributed by atoms with van der Waals surface area (Å²) in [5.74, 6) is -0.332. The Morgan fingerprint density at radius 3 is 2.74 bits per heavy atom. The molecule has 0 radical (unpaired) electrons. The van der Waals surface area contributed by atoms with Crippen LogP contribution in [0.3, 0.4) is 0 Å². The number of nitrogens with one attached hydrogen (secondary N) is 1. The molecule has 4 rings (SSSR count). The van der Waals surface area contributed by atoms with Gasteiger partial charge in [-0.05, 0) is 29.7 Å². The molecule has 0 spiro atoms. The molecule has 0 unspecified atom stereocenters. The maximum absolute atomic E-state index is 12.6. The molecule has 2 aliphatic heterocycles. The number of thiophene rings is 1. The molecule has 9 heteroatoms. The Balaban J connectivity index is 1.50. The number of carboxylic acid groups (broad SMARTS) is 1. The van der Waals surface area contributed by atoms with Crippen LogP contribution in [0.2, 0.25) is 0 Å². The Labute approximate surface area is 183 Å². The van der Waals surface area contributed by atoms with Crippen molar-refractivity contribution in [2.24, 2.45) is 0 Å². The fraction of sp³-hybridized carbons (Fsp3) is 0.318. The topological polar surface area (TPSA) is 106 Å². The number of ether oxygens (including phenoxy) is 1. The molecular formula is C22H22N4O4S. The van der Waals surface area contributed by atoms with Crippen LogP contribution in [-0.4, -0.2) is 54.9 Å². The second kappa shape index (κ2) is 9.20. The Morgan fingerprint density at radius 2 is 2.00 bits per heavy atom. The minimum atomic E-state index is -0.981. The summed E-state index contributed by atoms with van der Waals surface area (Å²) in [5, 5.41) is 22.1. The summed E-state index contributed by atoms with van der Waals surface area (Å²) in [7, 11) is 0. The van der Waals surface area contributed by atoms with Gasteiger partial charge in [0.1, 0.15) is 11.1 Å². The number of benzene rings is 1. The number of hydrogen-bond donors (Lipinski definition) is 2. The summed E-state index contributed by atoms with van der Waals surface area (Å²) >= 11 is 1.27. The highest BCUT2D eigenvalue weighted by molar-refractivity contribution is 7.16. The van der Waals surface area contributed by atoms with Crippen molar-refractivity contribution in [1.82, 2.24) is 4.90 Å². The van der Waals surface area contributed by atoms with Crippen LogP contribution in [-0.2, 0) is 22.5 Å². The van der Waals surface area contributed by atoms with Gasteiger partial charge in [-0.25, -0.2) is 4.79 Å². The van der Waals surface area contributed by atoms with E-state index in [9.17, 15) is 20.0 Å². The molecule has 0 bridgehead atoms. The van der Waals surface area contributed by atoms with Gasteiger partial charge in [-0.3, -0.25) is 4.79 Å². The van der Waals surface area contributed by atoms with E-state index < -0.39 is 6.09 Å². The van der Waals surface area contributed by atoms with Crippen LogP contribution in [0.25, 0.3) is 6.08 Å². The first-order valence-corrected chi connectivity index (χ1v) is 10.8. The molecule has 2 N–H and O–H groups in total. The van der Waals surface area contributed by atoms with Gasteiger partial charge in [0.05, 0.1) is 25.3 Å². The monoisotopic (exact) mass is 438 g/mol. The summed E-state index contributed by atoms with van der Waals surface area (Å²) in [6.45, 7) is 3.55. The number of morpholine rings is 1. The maximum Gasteiger partial charge on any atom is 0.407 e. The normalized spacial score (nSPS) is 16.1. The number of carbonyl (C=O) groups excluding carboxylic acids is 1. The van der Waals surface area contributed by atoms with Crippen molar-refractivity contribution >= 4 is 40.1 Å². The van der Waals surface area contributed by atoms with Gasteiger partial charge in [0.15, 0.2) is 0 Å². The van der Waals surface area contributed by atoms with Crippen LogP contribution in [0.4, 0.5) is 15.5 Å². The maximum atomic E-state index is 12.6. The Kier molecular flexibility index (Phi) is 6.21. The SMILES string of the molecule is N#Cc1c(NC(=O)C=Cc2ccccc2N2CCOCC2)sc2c1CCN(C(=O)O)C2. The summed E-state index contributed by atoms with van der Waals surface area (Å²) < 4.78 is 5.42. The Bertz CT molecular complexity index is 1070. The standard InChI is InChI=1S/C22H22N4O4S/c23-13-17-16-7-8-26(22(28)29)14-19(16)31-21(17)24-20(27)6-5-15-3-1-2-4-18(15)25-9-11-30-12-10-25/h1-6H,7-12,14H2,(H,24,27)(H,28,29). The lowest BCUT2D eigenvalue weighted by molar-refractivity contribution is -0.111. The Morgan fingerprint density at radius 1 is 1.23 bits per heavy atom. The van der Waals surface area contributed by atoms with Crippen molar-refractivity contribution in [2.45, 2.75) is 13.0 Å². The van der Waals surface area contributed by atoms with Crippen molar-refractivity contribution in [1.29, 1.82) is 5.26 Å². The van der Waals surface area contributed by atoms with E-state index in [1.54, 1.807) is 6.08 Å². The van der Waals surface area contributed by atoms with Gasteiger partial charge in [0.25, 0.3) is 0 Å². The van der Waals surface area contributed by atoms with Crippen LogP contribution in [0.1, 0.15) is 21.6 Å². The Hall–Kier alpha value is -3.35. The number of anilines is 2. The van der Waals surface area contributed by atoms with Crippen LogP contribution in [0.15, 0.2) is 30.3 Å². The molecule has 1 saturated heterocycles. The first-order chi connectivity index (χ1) is 15.1. The third-order valence-corrected chi connectivity index (χ3v) is 6.51. The van der Waals surface area contributed by atoms with Crippen LogP contribution in [0, 0.1) is 11.3 Å². The number of rotatable bonds is 4. The van der Waals surface area contributed by atoms with Gasteiger partial charge in [-0.15, -0.1) is 11.3 Å². The van der Waals surface area contributed by atoms with Gasteiger partial charge in [0.2, 0.25) is 5.91 Å². The molecule has 2 aliphatic rings. The average molecular weight is 439 g/mol. The quantitative estimate of drug-likeness (QED) is 0.711. The molecule has 3 heterocycles. The number of amides is 2. The van der Waals surface area contributed by atoms with E-state index in [1.807, 2.05) is 24.3 Å². The first-order valence-electron chi connectivity index (χ1n) is 10.00. The number of nitrogens with zero attached hydrogens (tertiary/aromatic N) is 3. The average Bonchev–Trinajstić information content (AvgIpc) is 3.14. The third kappa shape index (κ3) is 4.55. The summed E-state index contributed by atoms with van der Waals surface area (Å²) in [4.78, 5) is 28.2. The van der Waals surface area contributed by atoms with E-state index in [-0.39, 0.29) is 12.5 Å². The molecule has 31 heavy (non-hydrogen) atoms. The predicted octanol–water partition coefficient (Wildman–Crippen LogP) is 3.14. The fourth-order valence-corrected chi connectivity index (χ4v) is 5.03. The predicted molar refractivity (Wildman–Crippen MR) is 118 cm³/mol. The smallest absolute Gasteiger partial charge is 0.407 e. The number of fused-ring (bicyclic) bond motifs is 1. The first kappa shape index (κ1) is 20.9. The molecule has 0 atom stereocenters. The molecule has 0 saturated carbocycles. The minimum absolute atomic E-state index is 0.239. The molecule has 1 aromatic carbocycles. The number of nitriles is 1. The largest absolute Gasteiger partial charge is 0.465 e. The van der Waals surface area contributed by atoms with Crippen molar-refractivity contribution < 1.29 is 19.4 Å². The van der Waals surface area contributed by atoms with Crippen molar-refractivity contribution in [3.63, 3.8) is 0 Å². The fourth-order valence-electron chi connectivity index (χ4n) is 3.81. The van der Waals surface area contributed by atoms with E-state index in [2.05, 4.69) is 16.3 Å². The second-order valence-electron chi connectivity index (χ2n) is 7.25. The zero-order chi connectivity index (χ0) is 21.8. The molecule has 2 amide bonds. The van der Waals surface area contributed by atoms with Crippen molar-refractivity contribution in [3.05, 3.63) is 51.9 Å². The highest BCUT2D eigenvalue weighted by atomic mass is 32.1. The third-order valence-electron chi connectivity index (χ3n) is 5.38. The van der Waals surface area contributed by atoms with E-state index in [4.69, 9.17) is 4.74 Å². The molecule has 1 fully saturated rings. The highest BCUT2D eigenvalue weighted by Gasteiger charge is 2.27. The number of para-hydroxylation sites is 1. The summed E-state index contributed by atoms with van der Waals surface area (Å²) in [6, 6.07) is 10.0. The van der Waals surface area contributed by atoms with Gasteiger partial charge in [0, 0.05) is 36.3 Å². The van der Waals surface area contributed by atoms with Crippen LogP contribution < -0.4 is 10.2 Å². The molecule has 1 aromatic heterocycles. The lowest BCUT2D eigenvalue weighted by Gasteiger charge is -2.30. The highest BCUT2D eigenvalue weighted by Crippen LogP contribution is 2.36. The van der Waals surface area contributed by atoms with Crippen molar-refractivity contribution in [2.75, 3.05) is 43.1 Å². The lowest BCUT2D eigenvalue weighted by atomic mass is 10.0. The van der Waals surface area contributed by atoms with E-state index in [0.29, 0.717) is 36.7 Å². The molecule has 2 aromatic rings. The molecule has 0 aliphatic carbocycles. The van der Waals surface area contributed by atoms with Gasteiger partial charge >= 0.3 is 6.09 Å².